The van der Waals surface area contributed by atoms with Gasteiger partial charge in [0.2, 0.25) is 11.8 Å². The van der Waals surface area contributed by atoms with Crippen LogP contribution in [0.15, 0.2) is 85.1 Å². The van der Waals surface area contributed by atoms with Crippen LogP contribution in [0.4, 0.5) is 0 Å². The van der Waals surface area contributed by atoms with Crippen molar-refractivity contribution in [3.05, 3.63) is 119 Å². The largest absolute Gasteiger partial charge is 2.00 e. The quantitative estimate of drug-likeness (QED) is 0.108. The van der Waals surface area contributed by atoms with Crippen LogP contribution in [-0.2, 0) is 25.8 Å². The van der Waals surface area contributed by atoms with Gasteiger partial charge in [0.1, 0.15) is 11.4 Å². The van der Waals surface area contributed by atoms with Gasteiger partial charge in [-0.15, -0.1) is 40.8 Å². The Balaban J connectivity index is 0.00000448. The molecule has 51 heavy (non-hydrogen) atoms. The Bertz CT molecular complexity index is 2340. The normalized spacial score (nSPS) is 11.5. The summed E-state index contributed by atoms with van der Waals surface area (Å²) in [5.74, 6) is 3.02. The maximum Gasteiger partial charge on any atom is 2.00 e. The molecular formula is C43H42N4O3Pd. The Morgan fingerprint density at radius 2 is 1.49 bits per heavy atom. The van der Waals surface area contributed by atoms with Crippen LogP contribution in [0.5, 0.6) is 23.3 Å². The van der Waals surface area contributed by atoms with Crippen LogP contribution in [-0.4, -0.2) is 32.5 Å². The van der Waals surface area contributed by atoms with Crippen molar-refractivity contribution in [3.8, 4) is 45.9 Å². The van der Waals surface area contributed by atoms with Crippen LogP contribution in [0.2, 0.25) is 0 Å². The molecule has 0 amide bonds. The summed E-state index contributed by atoms with van der Waals surface area (Å²) < 4.78 is 22.8. The Kier molecular flexibility index (Phi) is 10.1. The molecule has 8 heteroatoms. The zero-order valence-electron chi connectivity index (χ0n) is 30.3. The molecule has 0 aliphatic carbocycles. The van der Waals surface area contributed by atoms with E-state index in [0.717, 1.165) is 44.3 Å². The van der Waals surface area contributed by atoms with Crippen LogP contribution in [0.1, 0.15) is 56.9 Å². The first-order chi connectivity index (χ1) is 24.1. The smallest absolute Gasteiger partial charge is 0.509 e. The van der Waals surface area contributed by atoms with Gasteiger partial charge in [-0.05, 0) is 97.1 Å². The van der Waals surface area contributed by atoms with E-state index in [2.05, 4.69) is 101 Å². The second-order valence-electron chi connectivity index (χ2n) is 13.6. The molecule has 0 spiro atoms. The maximum atomic E-state index is 6.45. The van der Waals surface area contributed by atoms with Crippen LogP contribution in [0.25, 0.3) is 44.4 Å². The second kappa shape index (κ2) is 14.4. The van der Waals surface area contributed by atoms with Crippen molar-refractivity contribution in [2.75, 3.05) is 13.2 Å². The van der Waals surface area contributed by atoms with Crippen LogP contribution in [0.3, 0.4) is 0 Å². The number of fused-ring (bicyclic) bond motifs is 3. The van der Waals surface area contributed by atoms with Crippen molar-refractivity contribution in [2.24, 2.45) is 0 Å². The van der Waals surface area contributed by atoms with E-state index in [1.165, 1.54) is 16.7 Å². The Morgan fingerprint density at radius 1 is 0.765 bits per heavy atom. The van der Waals surface area contributed by atoms with Gasteiger partial charge in [-0.25, -0.2) is 9.67 Å². The minimum absolute atomic E-state index is 0. The van der Waals surface area contributed by atoms with Crippen molar-refractivity contribution in [1.82, 2.24) is 19.3 Å². The minimum atomic E-state index is 0. The summed E-state index contributed by atoms with van der Waals surface area (Å²) in [6.45, 7) is 18.0. The third-order valence-electron chi connectivity index (χ3n) is 8.83. The first-order valence-corrected chi connectivity index (χ1v) is 17.2. The average Bonchev–Trinajstić information content (AvgIpc) is 3.59. The molecule has 0 fully saturated rings. The number of benzene rings is 4. The molecular weight excluding hydrogens is 727 g/mol. The van der Waals surface area contributed by atoms with E-state index in [1.807, 2.05) is 56.4 Å². The van der Waals surface area contributed by atoms with Gasteiger partial charge in [0.25, 0.3) is 0 Å². The standard InChI is InChI=1S/C43H42N4O3.Pd/c1-9-48-41-39(30-23-28(4)40(29(5)24-30)43(6,7)8)42(49-10-2)47(45-41)31-14-13-15-32(25-31)50-33-18-19-35-34-16-11-12-17-36(34)46(37(35)26-33)38-22-27(3)20-21-44-38;/h11-24H,9-10H2,1-8H3;/q-2;+2. The van der Waals surface area contributed by atoms with Gasteiger partial charge in [-0.1, -0.05) is 56.6 Å². The number of para-hydroxylation sites is 1. The molecule has 0 radical (unpaired) electrons. The number of hydrogen-bond acceptors (Lipinski definition) is 5. The van der Waals surface area contributed by atoms with E-state index >= 15 is 0 Å². The molecule has 0 saturated heterocycles. The number of nitrogens with zero attached hydrogens (tertiary/aromatic N) is 4. The predicted octanol–water partition coefficient (Wildman–Crippen LogP) is 10.4. The van der Waals surface area contributed by atoms with E-state index in [1.54, 1.807) is 4.68 Å². The maximum absolute atomic E-state index is 6.45. The minimum Gasteiger partial charge on any atom is -0.509 e. The first-order valence-electron chi connectivity index (χ1n) is 17.2. The van der Waals surface area contributed by atoms with Gasteiger partial charge in [-0.2, -0.15) is 12.1 Å². The fraction of sp³-hybridized carbons (Fsp3) is 0.256. The van der Waals surface area contributed by atoms with E-state index in [0.29, 0.717) is 42.2 Å². The summed E-state index contributed by atoms with van der Waals surface area (Å²) in [6, 6.07) is 33.6. The van der Waals surface area contributed by atoms with Gasteiger partial charge in [-0.3, -0.25) is 0 Å². The molecule has 0 N–H and O–H groups in total. The number of ether oxygens (including phenoxy) is 3. The van der Waals surface area contributed by atoms with E-state index in [9.17, 15) is 0 Å². The fourth-order valence-corrected chi connectivity index (χ4v) is 7.14. The Hall–Kier alpha value is -4.90. The summed E-state index contributed by atoms with van der Waals surface area (Å²) in [6.07, 6.45) is 1.84. The summed E-state index contributed by atoms with van der Waals surface area (Å²) in [7, 11) is 0. The van der Waals surface area contributed by atoms with E-state index < -0.39 is 0 Å². The molecule has 7 rings (SSSR count). The number of hydrogen-bond donors (Lipinski definition) is 0. The molecule has 0 atom stereocenters. The predicted molar refractivity (Wildman–Crippen MR) is 201 cm³/mol. The number of aryl methyl sites for hydroxylation is 3. The Labute approximate surface area is 313 Å². The third kappa shape index (κ3) is 6.79. The molecule has 262 valence electrons. The number of pyridine rings is 1. The molecule has 7 nitrogen and oxygen atoms in total. The summed E-state index contributed by atoms with van der Waals surface area (Å²) in [5, 5.41) is 7.13. The monoisotopic (exact) mass is 768 g/mol. The molecule has 0 aliphatic rings. The first kappa shape index (κ1) is 35.9. The van der Waals surface area contributed by atoms with Crippen LogP contribution in [0, 0.1) is 32.9 Å². The van der Waals surface area contributed by atoms with Gasteiger partial charge >= 0.3 is 20.4 Å². The number of aromatic nitrogens is 4. The summed E-state index contributed by atoms with van der Waals surface area (Å²) in [4.78, 5) is 4.70. The zero-order chi connectivity index (χ0) is 35.2. The molecule has 3 aromatic heterocycles. The van der Waals surface area contributed by atoms with Gasteiger partial charge < -0.3 is 18.8 Å². The molecule has 0 unspecified atom stereocenters. The average molecular weight is 769 g/mol. The van der Waals surface area contributed by atoms with Crippen molar-refractivity contribution in [3.63, 3.8) is 0 Å². The van der Waals surface area contributed by atoms with Gasteiger partial charge in [0.15, 0.2) is 0 Å². The third-order valence-corrected chi connectivity index (χ3v) is 8.83. The molecule has 0 aliphatic heterocycles. The molecule has 0 bridgehead atoms. The van der Waals surface area contributed by atoms with E-state index in [4.69, 9.17) is 24.3 Å². The van der Waals surface area contributed by atoms with Gasteiger partial charge in [0, 0.05) is 23.2 Å². The topological polar surface area (TPSA) is 63.3 Å². The van der Waals surface area contributed by atoms with Crippen molar-refractivity contribution in [2.45, 2.75) is 60.8 Å². The SMILES string of the molecule is CCOc1nn(-c2[c-]c(Oc3[c-]c4c(cc3)c3ccccc3n4-c3cc(C)ccn3)ccc2)c(OCC)c1-c1cc(C)c(C(C)(C)C)c(C)c1.[Pd+2]. The number of rotatable bonds is 9. The van der Waals surface area contributed by atoms with Gasteiger partial charge in [0.05, 0.1) is 13.2 Å². The van der Waals surface area contributed by atoms with Crippen molar-refractivity contribution < 1.29 is 34.6 Å². The summed E-state index contributed by atoms with van der Waals surface area (Å²) in [5.41, 5.74) is 9.36. The Morgan fingerprint density at radius 3 is 2.20 bits per heavy atom. The van der Waals surface area contributed by atoms with Crippen LogP contribution >= 0.6 is 0 Å². The molecule has 7 aromatic rings. The molecule has 0 saturated carbocycles. The summed E-state index contributed by atoms with van der Waals surface area (Å²) >= 11 is 0. The second-order valence-corrected chi connectivity index (χ2v) is 13.6. The van der Waals surface area contributed by atoms with Crippen molar-refractivity contribution in [1.29, 1.82) is 0 Å². The fourth-order valence-electron chi connectivity index (χ4n) is 7.14. The molecule has 4 aromatic carbocycles. The van der Waals surface area contributed by atoms with Crippen molar-refractivity contribution >= 4 is 21.8 Å². The van der Waals surface area contributed by atoms with Crippen LogP contribution < -0.4 is 14.2 Å². The zero-order valence-corrected chi connectivity index (χ0v) is 31.9. The van der Waals surface area contributed by atoms with E-state index in [-0.39, 0.29) is 25.8 Å². The molecule has 3 heterocycles.